The number of carbonyl (C=O) groups is 2. The van der Waals surface area contributed by atoms with Crippen LogP contribution in [0, 0.1) is 20.8 Å². The monoisotopic (exact) mass is 330 g/mol. The van der Waals surface area contributed by atoms with Crippen LogP contribution in [0.4, 0.5) is 5.69 Å². The van der Waals surface area contributed by atoms with Crippen molar-refractivity contribution in [3.63, 3.8) is 0 Å². The summed E-state index contributed by atoms with van der Waals surface area (Å²) in [5, 5.41) is 6.82. The Balaban J connectivity index is 1.67. The number of carbonyl (C=O) groups excluding carboxylic acids is 2. The molecule has 0 fully saturated rings. The zero-order chi connectivity index (χ0) is 17.5. The highest BCUT2D eigenvalue weighted by Crippen LogP contribution is 2.14. The lowest BCUT2D eigenvalue weighted by Crippen LogP contribution is -2.44. The van der Waals surface area contributed by atoms with Gasteiger partial charge in [0.05, 0.1) is 12.2 Å². The number of aryl methyl sites for hydroxylation is 3. The Bertz CT molecular complexity index is 688. The van der Waals surface area contributed by atoms with Crippen molar-refractivity contribution in [3.8, 4) is 0 Å². The number of benzene rings is 1. The van der Waals surface area contributed by atoms with Crippen molar-refractivity contribution in [1.29, 1.82) is 0 Å². The van der Waals surface area contributed by atoms with Gasteiger partial charge in [0.15, 0.2) is 0 Å². The van der Waals surface area contributed by atoms with Gasteiger partial charge in [-0.05, 0) is 39.3 Å². The lowest BCUT2D eigenvalue weighted by Gasteiger charge is -2.09. The average Bonchev–Trinajstić information content (AvgIpc) is 2.89. The fraction of sp³-hybridized carbons (Fsp3) is 0.353. The summed E-state index contributed by atoms with van der Waals surface area (Å²) in [6, 6.07) is 7.70. The first-order valence-corrected chi connectivity index (χ1v) is 7.75. The largest absolute Gasteiger partial charge is 0.376 e. The number of nitrogens with one attached hydrogen (secondary N) is 3. The van der Waals surface area contributed by atoms with Crippen LogP contribution in [0.5, 0.6) is 0 Å². The van der Waals surface area contributed by atoms with E-state index in [4.69, 9.17) is 4.52 Å². The fourth-order valence-corrected chi connectivity index (χ4v) is 2.20. The van der Waals surface area contributed by atoms with Crippen LogP contribution in [-0.2, 0) is 16.0 Å². The van der Waals surface area contributed by atoms with Crippen LogP contribution >= 0.6 is 0 Å². The topological polar surface area (TPSA) is 96.3 Å². The first-order chi connectivity index (χ1) is 11.5. The summed E-state index contributed by atoms with van der Waals surface area (Å²) in [6.07, 6.45) is 0.763. The number of nitrogens with zero attached hydrogens (tertiary/aromatic N) is 1. The predicted octanol–water partition coefficient (Wildman–Crippen LogP) is 1.79. The molecule has 7 nitrogen and oxygen atoms in total. The molecule has 2 aromatic rings. The van der Waals surface area contributed by atoms with E-state index < -0.39 is 0 Å². The lowest BCUT2D eigenvalue weighted by atomic mass is 10.1. The second-order valence-electron chi connectivity index (χ2n) is 5.62. The Morgan fingerprint density at radius 3 is 2.33 bits per heavy atom. The summed E-state index contributed by atoms with van der Waals surface area (Å²) in [6.45, 7) is 5.72. The highest BCUT2D eigenvalue weighted by atomic mass is 16.5. The third-order valence-electron chi connectivity index (χ3n) is 3.63. The maximum Gasteiger partial charge on any atom is 0.257 e. The van der Waals surface area contributed by atoms with Crippen molar-refractivity contribution in [1.82, 2.24) is 16.0 Å². The molecule has 0 bridgehead atoms. The Morgan fingerprint density at radius 1 is 1.04 bits per heavy atom. The molecular formula is C17H22N4O3. The molecule has 0 aliphatic carbocycles. The number of amides is 2. The zero-order valence-corrected chi connectivity index (χ0v) is 14.1. The number of aromatic nitrogens is 1. The van der Waals surface area contributed by atoms with Crippen molar-refractivity contribution < 1.29 is 14.1 Å². The molecule has 2 rings (SSSR count). The highest BCUT2D eigenvalue weighted by molar-refractivity contribution is 5.84. The van der Waals surface area contributed by atoms with Crippen LogP contribution in [0.1, 0.15) is 29.0 Å². The molecule has 0 saturated carbocycles. The molecule has 0 saturated heterocycles. The summed E-state index contributed by atoms with van der Waals surface area (Å²) in [7, 11) is 0. The summed E-state index contributed by atoms with van der Waals surface area (Å²) in [5.74, 6) is 0.131. The first-order valence-electron chi connectivity index (χ1n) is 7.75. The van der Waals surface area contributed by atoms with Crippen LogP contribution in [0.15, 0.2) is 28.8 Å². The van der Waals surface area contributed by atoms with Crippen molar-refractivity contribution in [2.75, 3.05) is 11.9 Å². The van der Waals surface area contributed by atoms with E-state index in [0.29, 0.717) is 12.2 Å². The highest BCUT2D eigenvalue weighted by Gasteiger charge is 2.11. The third-order valence-corrected chi connectivity index (χ3v) is 3.63. The molecule has 2 amide bonds. The van der Waals surface area contributed by atoms with E-state index in [0.717, 1.165) is 22.5 Å². The lowest BCUT2D eigenvalue weighted by molar-refractivity contribution is -0.128. The zero-order valence-electron chi connectivity index (χ0n) is 14.1. The second-order valence-corrected chi connectivity index (χ2v) is 5.62. The van der Waals surface area contributed by atoms with Crippen molar-refractivity contribution >= 4 is 17.5 Å². The summed E-state index contributed by atoms with van der Waals surface area (Å²) in [4.78, 5) is 23.5. The van der Waals surface area contributed by atoms with E-state index >= 15 is 0 Å². The standard InChI is InChI=1S/C17H22N4O3/c1-11-4-6-14(7-5-11)18-10-17(23)20-19-16(22)9-8-15-12(2)21-24-13(15)3/h4-7,18H,8-10H2,1-3H3,(H,19,22)(H,20,23). The third kappa shape index (κ3) is 5.12. The SMILES string of the molecule is Cc1ccc(NCC(=O)NNC(=O)CCc2c(C)noc2C)cc1. The van der Waals surface area contributed by atoms with Gasteiger partial charge in [-0.3, -0.25) is 20.4 Å². The van der Waals surface area contributed by atoms with Gasteiger partial charge in [-0.2, -0.15) is 0 Å². The Kier molecular flexibility index (Phi) is 5.95. The van der Waals surface area contributed by atoms with Gasteiger partial charge in [-0.15, -0.1) is 0 Å². The molecule has 0 unspecified atom stereocenters. The van der Waals surface area contributed by atoms with Gasteiger partial charge in [0, 0.05) is 17.7 Å². The van der Waals surface area contributed by atoms with Crippen LogP contribution in [-0.4, -0.2) is 23.5 Å². The summed E-state index contributed by atoms with van der Waals surface area (Å²) < 4.78 is 5.05. The Labute approximate surface area is 140 Å². The molecule has 0 aliphatic heterocycles. The van der Waals surface area contributed by atoms with Gasteiger partial charge < -0.3 is 9.84 Å². The maximum atomic E-state index is 11.8. The van der Waals surface area contributed by atoms with Crippen LogP contribution in [0.3, 0.4) is 0 Å². The van der Waals surface area contributed by atoms with Crippen LogP contribution < -0.4 is 16.2 Å². The predicted molar refractivity (Wildman–Crippen MR) is 90.3 cm³/mol. The van der Waals surface area contributed by atoms with E-state index in [1.165, 1.54) is 0 Å². The van der Waals surface area contributed by atoms with Gasteiger partial charge in [0.25, 0.3) is 5.91 Å². The number of anilines is 1. The van der Waals surface area contributed by atoms with Crippen molar-refractivity contribution in [2.24, 2.45) is 0 Å². The number of rotatable bonds is 6. The smallest absolute Gasteiger partial charge is 0.257 e. The van der Waals surface area contributed by atoms with Crippen molar-refractivity contribution in [3.05, 3.63) is 46.8 Å². The van der Waals surface area contributed by atoms with E-state index in [9.17, 15) is 9.59 Å². The molecule has 0 spiro atoms. The normalized spacial score (nSPS) is 10.3. The van der Waals surface area contributed by atoms with Crippen LogP contribution in [0.25, 0.3) is 0 Å². The summed E-state index contributed by atoms with van der Waals surface area (Å²) in [5.41, 5.74) is 8.49. The Hall–Kier alpha value is -2.83. The summed E-state index contributed by atoms with van der Waals surface area (Å²) >= 11 is 0. The van der Waals surface area contributed by atoms with E-state index in [-0.39, 0.29) is 24.8 Å². The second kappa shape index (κ2) is 8.14. The number of hydrogen-bond acceptors (Lipinski definition) is 5. The van der Waals surface area contributed by atoms with E-state index in [1.807, 2.05) is 45.0 Å². The van der Waals surface area contributed by atoms with Crippen LogP contribution in [0.2, 0.25) is 0 Å². The molecule has 0 radical (unpaired) electrons. The molecule has 24 heavy (non-hydrogen) atoms. The minimum absolute atomic E-state index is 0.0766. The van der Waals surface area contributed by atoms with Gasteiger partial charge in [0.2, 0.25) is 5.91 Å². The van der Waals surface area contributed by atoms with Gasteiger partial charge in [-0.25, -0.2) is 0 Å². The molecule has 1 aromatic carbocycles. The fourth-order valence-electron chi connectivity index (χ4n) is 2.20. The van der Waals surface area contributed by atoms with Gasteiger partial charge in [0.1, 0.15) is 5.76 Å². The van der Waals surface area contributed by atoms with Crippen molar-refractivity contribution in [2.45, 2.75) is 33.6 Å². The minimum atomic E-state index is -0.318. The first kappa shape index (κ1) is 17.5. The minimum Gasteiger partial charge on any atom is -0.376 e. The number of hydrogen-bond donors (Lipinski definition) is 3. The molecule has 7 heteroatoms. The quantitative estimate of drug-likeness (QED) is 0.702. The van der Waals surface area contributed by atoms with Gasteiger partial charge >= 0.3 is 0 Å². The van der Waals surface area contributed by atoms with E-state index in [2.05, 4.69) is 21.3 Å². The molecular weight excluding hydrogens is 308 g/mol. The molecule has 128 valence electrons. The van der Waals surface area contributed by atoms with E-state index in [1.54, 1.807) is 0 Å². The number of hydrazine groups is 1. The average molecular weight is 330 g/mol. The Morgan fingerprint density at radius 2 is 1.71 bits per heavy atom. The molecule has 1 heterocycles. The molecule has 1 aromatic heterocycles. The molecule has 0 aliphatic rings. The van der Waals surface area contributed by atoms with Gasteiger partial charge in [-0.1, -0.05) is 22.9 Å². The molecule has 0 atom stereocenters. The maximum absolute atomic E-state index is 11.8. The molecule has 3 N–H and O–H groups in total.